The summed E-state index contributed by atoms with van der Waals surface area (Å²) in [5.74, 6) is 1.01. The summed E-state index contributed by atoms with van der Waals surface area (Å²) in [6.07, 6.45) is 0. The molecule has 0 atom stereocenters. The lowest BCUT2D eigenvalue weighted by Gasteiger charge is -2.39. The van der Waals surface area contributed by atoms with Crippen LogP contribution in [-0.2, 0) is 10.0 Å². The molecule has 0 saturated carbocycles. The summed E-state index contributed by atoms with van der Waals surface area (Å²) in [4.78, 5) is 2.45. The first-order valence-corrected chi connectivity index (χ1v) is 9.50. The minimum atomic E-state index is -3.45. The fourth-order valence-electron chi connectivity index (χ4n) is 2.46. The normalized spacial score (nSPS) is 18.7. The van der Waals surface area contributed by atoms with Crippen LogP contribution in [0.1, 0.15) is 20.8 Å². The Morgan fingerprint density at radius 3 is 2.76 bits per heavy atom. The predicted octanol–water partition coefficient (Wildman–Crippen LogP) is 1.90. The molecule has 1 aliphatic heterocycles. The third-order valence-corrected chi connectivity index (χ3v) is 6.25. The van der Waals surface area contributed by atoms with Gasteiger partial charge in [-0.25, -0.2) is 13.1 Å². The van der Waals surface area contributed by atoms with Crippen LogP contribution in [-0.4, -0.2) is 38.6 Å². The van der Waals surface area contributed by atoms with Gasteiger partial charge in [0.05, 0.1) is 16.3 Å². The smallest absolute Gasteiger partial charge is 0.240 e. The average molecular weight is 329 g/mol. The largest absolute Gasteiger partial charge is 0.397 e. The second-order valence-corrected chi connectivity index (χ2v) is 9.32. The van der Waals surface area contributed by atoms with Crippen molar-refractivity contribution in [2.24, 2.45) is 0 Å². The molecule has 1 aliphatic rings. The maximum Gasteiger partial charge on any atom is 0.240 e. The molecule has 1 saturated heterocycles. The number of hydrogen-bond donors (Lipinski definition) is 2. The second kappa shape index (κ2) is 6.06. The molecule has 5 nitrogen and oxygen atoms in total. The SMILES string of the molecule is CCNS(=O)(=O)c1ccc(N)c(N2CCSC(C)(C)C2)c1. The van der Waals surface area contributed by atoms with E-state index in [0.29, 0.717) is 12.2 Å². The van der Waals surface area contributed by atoms with E-state index in [-0.39, 0.29) is 9.64 Å². The monoisotopic (exact) mass is 329 g/mol. The number of nitrogen functional groups attached to an aromatic ring is 1. The van der Waals surface area contributed by atoms with Gasteiger partial charge in [0.2, 0.25) is 10.0 Å². The number of anilines is 2. The lowest BCUT2D eigenvalue weighted by atomic mass is 10.1. The molecule has 2 rings (SSSR count). The number of benzene rings is 1. The Labute approximate surface area is 131 Å². The van der Waals surface area contributed by atoms with Gasteiger partial charge in [-0.2, -0.15) is 11.8 Å². The number of nitrogens with two attached hydrogens (primary N) is 1. The molecule has 21 heavy (non-hydrogen) atoms. The highest BCUT2D eigenvalue weighted by atomic mass is 32.2. The van der Waals surface area contributed by atoms with E-state index in [2.05, 4.69) is 23.5 Å². The molecule has 0 aromatic heterocycles. The van der Waals surface area contributed by atoms with Crippen LogP contribution in [0.15, 0.2) is 23.1 Å². The molecule has 118 valence electrons. The van der Waals surface area contributed by atoms with Crippen LogP contribution >= 0.6 is 11.8 Å². The van der Waals surface area contributed by atoms with Crippen LogP contribution in [0, 0.1) is 0 Å². The number of nitrogens with one attached hydrogen (secondary N) is 1. The summed E-state index contributed by atoms with van der Waals surface area (Å²) < 4.78 is 26.9. The number of rotatable bonds is 4. The Morgan fingerprint density at radius 1 is 1.43 bits per heavy atom. The molecule has 1 fully saturated rings. The molecule has 1 heterocycles. The molecule has 0 spiro atoms. The van der Waals surface area contributed by atoms with E-state index >= 15 is 0 Å². The first kappa shape index (κ1) is 16.5. The lowest BCUT2D eigenvalue weighted by molar-refractivity contribution is 0.584. The molecule has 0 amide bonds. The van der Waals surface area contributed by atoms with Gasteiger partial charge in [0.1, 0.15) is 0 Å². The Hall–Kier alpha value is -0.920. The summed E-state index contributed by atoms with van der Waals surface area (Å²) in [6, 6.07) is 4.91. The Bertz CT molecular complexity index is 615. The topological polar surface area (TPSA) is 75.4 Å². The number of hydrogen-bond acceptors (Lipinski definition) is 5. The van der Waals surface area contributed by atoms with E-state index in [1.54, 1.807) is 25.1 Å². The van der Waals surface area contributed by atoms with Crippen LogP contribution in [0.25, 0.3) is 0 Å². The number of nitrogens with zero attached hydrogens (tertiary/aromatic N) is 1. The molecule has 7 heteroatoms. The van der Waals surface area contributed by atoms with Crippen molar-refractivity contribution in [2.75, 3.05) is 36.0 Å². The van der Waals surface area contributed by atoms with Gasteiger partial charge in [0.15, 0.2) is 0 Å². The van der Waals surface area contributed by atoms with E-state index < -0.39 is 10.0 Å². The van der Waals surface area contributed by atoms with Crippen LogP contribution in [0.5, 0.6) is 0 Å². The lowest BCUT2D eigenvalue weighted by Crippen LogP contribution is -2.43. The van der Waals surface area contributed by atoms with E-state index in [1.165, 1.54) is 0 Å². The van der Waals surface area contributed by atoms with Gasteiger partial charge >= 0.3 is 0 Å². The van der Waals surface area contributed by atoms with Crippen LogP contribution < -0.4 is 15.4 Å². The Morgan fingerprint density at radius 2 is 2.14 bits per heavy atom. The maximum atomic E-state index is 12.1. The average Bonchev–Trinajstić information content (AvgIpc) is 2.37. The quantitative estimate of drug-likeness (QED) is 0.825. The van der Waals surface area contributed by atoms with E-state index in [0.717, 1.165) is 24.5 Å². The molecular formula is C14H23N3O2S2. The molecule has 0 unspecified atom stereocenters. The highest BCUT2D eigenvalue weighted by Crippen LogP contribution is 2.35. The minimum Gasteiger partial charge on any atom is -0.397 e. The van der Waals surface area contributed by atoms with Crippen molar-refractivity contribution in [1.29, 1.82) is 0 Å². The molecule has 0 radical (unpaired) electrons. The summed E-state index contributed by atoms with van der Waals surface area (Å²) >= 11 is 1.93. The van der Waals surface area contributed by atoms with Crippen molar-refractivity contribution in [2.45, 2.75) is 30.4 Å². The molecule has 3 N–H and O–H groups in total. The third-order valence-electron chi connectivity index (χ3n) is 3.41. The molecule has 0 aliphatic carbocycles. The zero-order valence-corrected chi connectivity index (χ0v) is 14.4. The van der Waals surface area contributed by atoms with Gasteiger partial charge < -0.3 is 10.6 Å². The van der Waals surface area contributed by atoms with Gasteiger partial charge in [0.25, 0.3) is 0 Å². The van der Waals surface area contributed by atoms with Gasteiger partial charge in [-0.1, -0.05) is 6.92 Å². The highest BCUT2D eigenvalue weighted by Gasteiger charge is 2.28. The van der Waals surface area contributed by atoms with Gasteiger partial charge in [-0.05, 0) is 32.0 Å². The number of thioether (sulfide) groups is 1. The Balaban J connectivity index is 2.36. The van der Waals surface area contributed by atoms with Crippen molar-refractivity contribution in [3.05, 3.63) is 18.2 Å². The van der Waals surface area contributed by atoms with Gasteiger partial charge in [-0.15, -0.1) is 0 Å². The summed E-state index contributed by atoms with van der Waals surface area (Å²) in [7, 11) is -3.45. The van der Waals surface area contributed by atoms with Crippen LogP contribution in [0.2, 0.25) is 0 Å². The van der Waals surface area contributed by atoms with Crippen LogP contribution in [0.3, 0.4) is 0 Å². The second-order valence-electron chi connectivity index (χ2n) is 5.75. The first-order chi connectivity index (χ1) is 9.75. The van der Waals surface area contributed by atoms with E-state index in [9.17, 15) is 8.42 Å². The fourth-order valence-corrected chi connectivity index (χ4v) is 4.63. The van der Waals surface area contributed by atoms with Crippen molar-refractivity contribution in [3.8, 4) is 0 Å². The summed E-state index contributed by atoms with van der Waals surface area (Å²) in [5, 5.41) is 0. The van der Waals surface area contributed by atoms with Crippen molar-refractivity contribution in [3.63, 3.8) is 0 Å². The van der Waals surface area contributed by atoms with E-state index in [4.69, 9.17) is 5.73 Å². The summed E-state index contributed by atoms with van der Waals surface area (Å²) in [6.45, 7) is 8.25. The minimum absolute atomic E-state index is 0.140. The fraction of sp³-hybridized carbons (Fsp3) is 0.571. The van der Waals surface area contributed by atoms with Crippen molar-refractivity contribution in [1.82, 2.24) is 4.72 Å². The zero-order valence-electron chi connectivity index (χ0n) is 12.7. The van der Waals surface area contributed by atoms with Crippen LogP contribution in [0.4, 0.5) is 11.4 Å². The van der Waals surface area contributed by atoms with Crippen molar-refractivity contribution >= 4 is 33.2 Å². The summed E-state index contributed by atoms with van der Waals surface area (Å²) in [5.41, 5.74) is 7.49. The Kier molecular flexibility index (Phi) is 4.75. The molecule has 1 aromatic carbocycles. The van der Waals surface area contributed by atoms with E-state index in [1.807, 2.05) is 11.8 Å². The molecular weight excluding hydrogens is 306 g/mol. The molecule has 1 aromatic rings. The predicted molar refractivity (Wildman–Crippen MR) is 90.5 cm³/mol. The zero-order chi connectivity index (χ0) is 15.7. The standard InChI is InChI=1S/C14H23N3O2S2/c1-4-16-21(18,19)11-5-6-12(15)13(9-11)17-7-8-20-14(2,3)10-17/h5-6,9,16H,4,7-8,10,15H2,1-3H3. The highest BCUT2D eigenvalue weighted by molar-refractivity contribution is 8.00. The first-order valence-electron chi connectivity index (χ1n) is 7.03. The molecule has 0 bridgehead atoms. The number of sulfonamides is 1. The third kappa shape index (κ3) is 3.84. The van der Waals surface area contributed by atoms with Crippen molar-refractivity contribution < 1.29 is 8.42 Å². The maximum absolute atomic E-state index is 12.1. The van der Waals surface area contributed by atoms with Gasteiger partial charge in [-0.3, -0.25) is 0 Å². The van der Waals surface area contributed by atoms with Gasteiger partial charge in [0, 0.05) is 30.1 Å².